The maximum absolute atomic E-state index is 14.4. The molecule has 12 heteroatoms. The Balaban J connectivity index is 2.03. The lowest BCUT2D eigenvalue weighted by molar-refractivity contribution is -0.127. The Morgan fingerprint density at radius 1 is 1.20 bits per heavy atom. The first kappa shape index (κ1) is 30.5. The van der Waals surface area contributed by atoms with Crippen LogP contribution < -0.4 is 11.2 Å². The zero-order valence-electron chi connectivity index (χ0n) is 24.2. The van der Waals surface area contributed by atoms with Crippen LogP contribution in [0, 0.1) is 18.7 Å². The van der Waals surface area contributed by atoms with Crippen LogP contribution >= 0.6 is 11.3 Å². The second-order valence-corrected chi connectivity index (χ2v) is 11.9. The van der Waals surface area contributed by atoms with Gasteiger partial charge in [-0.3, -0.25) is 14.2 Å². The van der Waals surface area contributed by atoms with Crippen molar-refractivity contribution in [3.63, 3.8) is 0 Å². The molecular formula is C29H36FN5O5S. The average Bonchev–Trinajstić information content (AvgIpc) is 3.56. The number of aromatic nitrogens is 5. The summed E-state index contributed by atoms with van der Waals surface area (Å²) >= 11 is 1.17. The Morgan fingerprint density at radius 2 is 1.88 bits per heavy atom. The van der Waals surface area contributed by atoms with Crippen LogP contribution in [0.2, 0.25) is 0 Å². The number of carbonyl (C=O) groups excluding carboxylic acids is 1. The van der Waals surface area contributed by atoms with Crippen LogP contribution in [-0.2, 0) is 28.0 Å². The Bertz CT molecular complexity index is 1670. The number of halogens is 1. The molecule has 0 aliphatic carbocycles. The number of hydrogen-bond acceptors (Lipinski definition) is 8. The number of nitrogens with zero attached hydrogens (tertiary/aromatic N) is 5. The lowest BCUT2D eigenvalue weighted by Crippen LogP contribution is -2.53. The van der Waals surface area contributed by atoms with Gasteiger partial charge < -0.3 is 9.84 Å². The van der Waals surface area contributed by atoms with Gasteiger partial charge in [0.05, 0.1) is 37.5 Å². The lowest BCUT2D eigenvalue weighted by atomic mass is 9.91. The maximum Gasteiger partial charge on any atom is 0.333 e. The highest BCUT2D eigenvalue weighted by Crippen LogP contribution is 2.33. The molecule has 0 spiro atoms. The van der Waals surface area contributed by atoms with Crippen molar-refractivity contribution in [2.45, 2.75) is 72.6 Å². The summed E-state index contributed by atoms with van der Waals surface area (Å²) in [4.78, 5) is 43.5. The van der Waals surface area contributed by atoms with Crippen LogP contribution in [0.25, 0.3) is 15.2 Å². The first-order valence-electron chi connectivity index (χ1n) is 13.6. The topological polar surface area (TPSA) is 121 Å². The molecule has 0 saturated carbocycles. The smallest absolute Gasteiger partial charge is 0.333 e. The number of ketones is 1. The molecule has 0 saturated heterocycles. The Kier molecular flexibility index (Phi) is 9.05. The highest BCUT2D eigenvalue weighted by molar-refractivity contribution is 7.21. The van der Waals surface area contributed by atoms with Crippen molar-refractivity contribution in [1.82, 2.24) is 24.1 Å². The number of benzene rings is 1. The van der Waals surface area contributed by atoms with Gasteiger partial charge in [-0.05, 0) is 56.4 Å². The molecule has 0 fully saturated rings. The third kappa shape index (κ3) is 5.81. The molecule has 0 radical (unpaired) electrons. The van der Waals surface area contributed by atoms with Crippen LogP contribution in [-0.4, -0.2) is 48.2 Å². The molecule has 0 aliphatic heterocycles. The first-order valence-corrected chi connectivity index (χ1v) is 14.4. The number of Topliss-reactive ketones (excluding diaryl/α,β-unsaturated/α-hetero) is 1. The van der Waals surface area contributed by atoms with Crippen LogP contribution in [0.5, 0.6) is 0 Å². The molecule has 41 heavy (non-hydrogen) atoms. The summed E-state index contributed by atoms with van der Waals surface area (Å²) in [7, 11) is 0. The zero-order chi connectivity index (χ0) is 30.1. The van der Waals surface area contributed by atoms with Crippen molar-refractivity contribution in [2.75, 3.05) is 13.2 Å². The van der Waals surface area contributed by atoms with E-state index in [1.807, 2.05) is 20.8 Å². The molecule has 10 nitrogen and oxygen atoms in total. The lowest BCUT2D eigenvalue weighted by Gasteiger charge is -2.28. The number of hydrogen-bond donors (Lipinski definition) is 1. The summed E-state index contributed by atoms with van der Waals surface area (Å²) in [5.41, 5.74) is -0.781. The van der Waals surface area contributed by atoms with E-state index in [2.05, 4.69) is 10.2 Å². The van der Waals surface area contributed by atoms with Gasteiger partial charge in [0, 0.05) is 12.0 Å². The van der Waals surface area contributed by atoms with E-state index in [-0.39, 0.29) is 43.3 Å². The van der Waals surface area contributed by atoms with Gasteiger partial charge in [-0.2, -0.15) is 10.2 Å². The summed E-state index contributed by atoms with van der Waals surface area (Å²) in [6.07, 6.45) is 2.97. The number of aliphatic hydroxyl groups is 1. The minimum Gasteiger partial charge on any atom is -0.394 e. The minimum absolute atomic E-state index is 0.0283. The molecule has 3 aromatic heterocycles. The third-order valence-electron chi connectivity index (χ3n) is 7.22. The molecule has 1 aromatic carbocycles. The van der Waals surface area contributed by atoms with Crippen LogP contribution in [0.4, 0.5) is 4.39 Å². The molecule has 3 heterocycles. The number of thiophene rings is 1. The van der Waals surface area contributed by atoms with Crippen molar-refractivity contribution in [1.29, 1.82) is 0 Å². The van der Waals surface area contributed by atoms with Gasteiger partial charge in [0.2, 0.25) is 0 Å². The van der Waals surface area contributed by atoms with Crippen molar-refractivity contribution in [2.24, 2.45) is 5.92 Å². The molecule has 1 atom stereocenters. The quantitative estimate of drug-likeness (QED) is 0.268. The van der Waals surface area contributed by atoms with Gasteiger partial charge in [-0.25, -0.2) is 13.8 Å². The fraction of sp³-hybridized carbons (Fsp3) is 0.483. The van der Waals surface area contributed by atoms with Gasteiger partial charge in [0.25, 0.3) is 5.56 Å². The second kappa shape index (κ2) is 12.2. The van der Waals surface area contributed by atoms with Gasteiger partial charge in [0.15, 0.2) is 5.78 Å². The van der Waals surface area contributed by atoms with Crippen molar-refractivity contribution < 1.29 is 19.0 Å². The van der Waals surface area contributed by atoms with Gasteiger partial charge in [-0.15, -0.1) is 4.80 Å². The standard InChI is InChI=1S/C29H36FN5O5S/c1-7-19-8-9-20(30)15-21(19)22(40-13-12-36)16-33-27-24(18(4)26(41-27)35-31-10-11-32-35)25(38)34(28(33)39)29(5,6)23(37)14-17(2)3/h8-11,15,17,22,36H,7,12-14,16H2,1-6H3/t22-/m0/s1. The summed E-state index contributed by atoms with van der Waals surface area (Å²) in [6, 6.07) is 4.41. The summed E-state index contributed by atoms with van der Waals surface area (Å²) in [5, 5.41) is 18.8. The third-order valence-corrected chi connectivity index (χ3v) is 8.50. The van der Waals surface area contributed by atoms with Crippen molar-refractivity contribution in [3.05, 3.63) is 73.9 Å². The highest BCUT2D eigenvalue weighted by atomic mass is 32.1. The van der Waals surface area contributed by atoms with Gasteiger partial charge in [0.1, 0.15) is 27.3 Å². The number of aliphatic hydroxyl groups excluding tert-OH is 1. The molecule has 220 valence electrons. The predicted octanol–water partition coefficient (Wildman–Crippen LogP) is 3.92. The number of carbonyl (C=O) groups is 1. The van der Waals surface area contributed by atoms with E-state index in [1.165, 1.54) is 45.2 Å². The normalized spacial score (nSPS) is 12.9. The number of rotatable bonds is 12. The number of ether oxygens (including phenoxy) is 1. The minimum atomic E-state index is -1.44. The maximum atomic E-state index is 14.4. The summed E-state index contributed by atoms with van der Waals surface area (Å²) in [6.45, 7) is 10.2. The van der Waals surface area contributed by atoms with Gasteiger partial charge in [-0.1, -0.05) is 38.2 Å². The first-order chi connectivity index (χ1) is 19.4. The fourth-order valence-electron chi connectivity index (χ4n) is 5.03. The number of fused-ring (bicyclic) bond motifs is 1. The zero-order valence-corrected chi connectivity index (χ0v) is 25.0. The Labute approximate surface area is 241 Å². The van der Waals surface area contributed by atoms with Gasteiger partial charge >= 0.3 is 5.69 Å². The van der Waals surface area contributed by atoms with E-state index < -0.39 is 28.7 Å². The van der Waals surface area contributed by atoms with Crippen LogP contribution in [0.1, 0.15) is 63.8 Å². The average molecular weight is 586 g/mol. The SMILES string of the molecule is CCc1ccc(F)cc1[C@H](Cn1c(=O)n(C(C)(C)C(=O)CC(C)C)c(=O)c2c(C)c(-n3nccn3)sc21)OCCO. The molecule has 0 bridgehead atoms. The second-order valence-electron chi connectivity index (χ2n) is 10.9. The van der Waals surface area contributed by atoms with E-state index in [0.717, 1.165) is 10.1 Å². The highest BCUT2D eigenvalue weighted by Gasteiger charge is 2.36. The van der Waals surface area contributed by atoms with E-state index in [1.54, 1.807) is 26.8 Å². The van der Waals surface area contributed by atoms with Crippen LogP contribution in [0.15, 0.2) is 40.2 Å². The fourth-order valence-corrected chi connectivity index (χ4v) is 6.25. The van der Waals surface area contributed by atoms with E-state index in [4.69, 9.17) is 4.74 Å². The largest absolute Gasteiger partial charge is 0.394 e. The molecule has 0 aliphatic rings. The Hall–Kier alpha value is -3.48. The number of aryl methyl sites for hydroxylation is 2. The molecule has 0 amide bonds. The summed E-state index contributed by atoms with van der Waals surface area (Å²) in [5.74, 6) is -0.678. The van der Waals surface area contributed by atoms with E-state index in [9.17, 15) is 23.9 Å². The molecule has 0 unspecified atom stereocenters. The van der Waals surface area contributed by atoms with E-state index >= 15 is 0 Å². The molecular weight excluding hydrogens is 549 g/mol. The Morgan fingerprint density at radius 3 is 2.49 bits per heavy atom. The van der Waals surface area contributed by atoms with Crippen LogP contribution in [0.3, 0.4) is 0 Å². The molecule has 1 N–H and O–H groups in total. The monoisotopic (exact) mass is 585 g/mol. The predicted molar refractivity (Wildman–Crippen MR) is 155 cm³/mol. The molecule has 4 aromatic rings. The van der Waals surface area contributed by atoms with Crippen molar-refractivity contribution in [3.8, 4) is 5.00 Å². The molecule has 4 rings (SSSR count). The van der Waals surface area contributed by atoms with E-state index in [0.29, 0.717) is 27.4 Å². The summed E-state index contributed by atoms with van der Waals surface area (Å²) < 4.78 is 22.9. The van der Waals surface area contributed by atoms with Crippen molar-refractivity contribution >= 4 is 27.3 Å².